The second-order valence-electron chi connectivity index (χ2n) is 4.45. The summed E-state index contributed by atoms with van der Waals surface area (Å²) in [4.78, 5) is 26.3. The number of aromatic nitrogens is 1. The molecule has 0 saturated carbocycles. The van der Waals surface area contributed by atoms with Crippen molar-refractivity contribution in [2.75, 3.05) is 0 Å². The Balaban J connectivity index is 2.33. The summed E-state index contributed by atoms with van der Waals surface area (Å²) in [6.45, 7) is 0. The van der Waals surface area contributed by atoms with Gasteiger partial charge in [-0.1, -0.05) is 18.2 Å². The molecule has 0 aliphatic carbocycles. The predicted octanol–water partition coefficient (Wildman–Crippen LogP) is 2.31. The van der Waals surface area contributed by atoms with Crippen LogP contribution in [0.4, 0.5) is 0 Å². The van der Waals surface area contributed by atoms with Crippen molar-refractivity contribution in [3.63, 3.8) is 0 Å². The van der Waals surface area contributed by atoms with Crippen molar-refractivity contribution in [3.05, 3.63) is 58.3 Å². The van der Waals surface area contributed by atoms with Crippen LogP contribution in [0.2, 0.25) is 0 Å². The first-order valence-corrected chi connectivity index (χ1v) is 5.90. The smallest absolute Gasteiger partial charge is 0.307 e. The van der Waals surface area contributed by atoms with Crippen LogP contribution in [-0.4, -0.2) is 16.1 Å². The van der Waals surface area contributed by atoms with Gasteiger partial charge in [0.1, 0.15) is 0 Å². The van der Waals surface area contributed by atoms with Crippen molar-refractivity contribution in [2.24, 2.45) is 0 Å². The van der Waals surface area contributed by atoms with Gasteiger partial charge in [-0.05, 0) is 29.8 Å². The van der Waals surface area contributed by atoms with Crippen molar-refractivity contribution < 1.29 is 9.90 Å². The van der Waals surface area contributed by atoms with Gasteiger partial charge in [-0.25, -0.2) is 0 Å². The van der Waals surface area contributed by atoms with E-state index in [1.165, 1.54) is 0 Å². The summed E-state index contributed by atoms with van der Waals surface area (Å²) >= 11 is 0. The molecule has 94 valence electrons. The first-order valence-electron chi connectivity index (χ1n) is 5.90. The molecule has 4 heteroatoms. The van der Waals surface area contributed by atoms with Crippen LogP contribution in [0.15, 0.2) is 47.3 Å². The van der Waals surface area contributed by atoms with Gasteiger partial charge in [0.05, 0.1) is 6.42 Å². The summed E-state index contributed by atoms with van der Waals surface area (Å²) in [6, 6.07) is 12.4. The average molecular weight is 253 g/mol. The van der Waals surface area contributed by atoms with E-state index in [0.29, 0.717) is 16.3 Å². The average Bonchev–Trinajstić information content (AvgIpc) is 2.39. The normalized spacial score (nSPS) is 10.9. The van der Waals surface area contributed by atoms with Crippen molar-refractivity contribution in [2.45, 2.75) is 6.42 Å². The number of fused-ring (bicyclic) bond motifs is 2. The van der Waals surface area contributed by atoms with E-state index >= 15 is 0 Å². The van der Waals surface area contributed by atoms with E-state index in [1.807, 2.05) is 18.2 Å². The van der Waals surface area contributed by atoms with E-state index in [0.717, 1.165) is 11.0 Å². The van der Waals surface area contributed by atoms with Crippen molar-refractivity contribution in [1.82, 2.24) is 4.98 Å². The number of carbonyl (C=O) groups is 1. The van der Waals surface area contributed by atoms with E-state index in [9.17, 15) is 9.59 Å². The lowest BCUT2D eigenvalue weighted by atomic mass is 10.1. The molecule has 0 aliphatic heterocycles. The number of aliphatic carboxylic acids is 1. The van der Waals surface area contributed by atoms with E-state index in [4.69, 9.17) is 5.11 Å². The molecule has 1 aromatic heterocycles. The van der Waals surface area contributed by atoms with Crippen LogP contribution in [0.5, 0.6) is 0 Å². The molecular formula is C15H11NO3. The topological polar surface area (TPSA) is 70.2 Å². The fourth-order valence-electron chi connectivity index (χ4n) is 2.25. The first kappa shape index (κ1) is 11.5. The SMILES string of the molecule is O=C(O)Cc1ccc2[nH]c3ccccc3c(=O)c2c1. The van der Waals surface area contributed by atoms with Crippen LogP contribution in [-0.2, 0) is 11.2 Å². The van der Waals surface area contributed by atoms with Crippen LogP contribution in [0, 0.1) is 0 Å². The maximum absolute atomic E-state index is 12.4. The highest BCUT2D eigenvalue weighted by Gasteiger charge is 2.07. The standard InChI is InChI=1S/C15H11NO3/c17-14(18)8-9-5-6-13-11(7-9)15(19)10-3-1-2-4-12(10)16-13/h1-7H,8H2,(H,16,19)(H,17,18). The van der Waals surface area contributed by atoms with E-state index in [2.05, 4.69) is 4.98 Å². The third kappa shape index (κ3) is 1.97. The minimum Gasteiger partial charge on any atom is -0.481 e. The van der Waals surface area contributed by atoms with Crippen LogP contribution >= 0.6 is 0 Å². The van der Waals surface area contributed by atoms with Crippen molar-refractivity contribution >= 4 is 27.8 Å². The molecule has 0 saturated heterocycles. The fraction of sp³-hybridized carbons (Fsp3) is 0.0667. The number of benzene rings is 2. The van der Waals surface area contributed by atoms with E-state index in [-0.39, 0.29) is 11.8 Å². The van der Waals surface area contributed by atoms with E-state index < -0.39 is 5.97 Å². The molecule has 0 fully saturated rings. The van der Waals surface area contributed by atoms with Crippen LogP contribution in [0.3, 0.4) is 0 Å². The van der Waals surface area contributed by atoms with Gasteiger partial charge in [-0.15, -0.1) is 0 Å². The highest BCUT2D eigenvalue weighted by molar-refractivity contribution is 5.92. The number of carboxylic acids is 1. The van der Waals surface area contributed by atoms with Gasteiger partial charge >= 0.3 is 5.97 Å². The number of carboxylic acid groups (broad SMARTS) is 1. The zero-order valence-corrected chi connectivity index (χ0v) is 10.0. The highest BCUT2D eigenvalue weighted by Crippen LogP contribution is 2.16. The molecule has 0 unspecified atom stereocenters. The molecule has 0 atom stereocenters. The Kier molecular flexibility index (Phi) is 2.56. The molecule has 3 aromatic rings. The largest absolute Gasteiger partial charge is 0.481 e. The van der Waals surface area contributed by atoms with E-state index in [1.54, 1.807) is 24.3 Å². The molecule has 1 heterocycles. The Morgan fingerprint density at radius 3 is 2.58 bits per heavy atom. The monoisotopic (exact) mass is 253 g/mol. The number of hydrogen-bond acceptors (Lipinski definition) is 2. The molecule has 0 spiro atoms. The number of aromatic amines is 1. The molecule has 3 rings (SSSR count). The second-order valence-corrected chi connectivity index (χ2v) is 4.45. The Hall–Kier alpha value is -2.62. The Labute approximate surface area is 108 Å². The van der Waals surface area contributed by atoms with Crippen LogP contribution in [0.1, 0.15) is 5.56 Å². The number of hydrogen-bond donors (Lipinski definition) is 2. The summed E-state index contributed by atoms with van der Waals surface area (Å²) in [7, 11) is 0. The first-order chi connectivity index (χ1) is 9.15. The third-order valence-corrected chi connectivity index (χ3v) is 3.12. The minimum atomic E-state index is -0.906. The van der Waals surface area contributed by atoms with Gasteiger partial charge in [-0.3, -0.25) is 9.59 Å². The van der Waals surface area contributed by atoms with Crippen molar-refractivity contribution in [3.8, 4) is 0 Å². The summed E-state index contributed by atoms with van der Waals surface area (Å²) in [5.41, 5.74) is 2.06. The molecule has 0 aliphatic rings. The third-order valence-electron chi connectivity index (χ3n) is 3.12. The lowest BCUT2D eigenvalue weighted by molar-refractivity contribution is -0.136. The Bertz CT molecular complexity index is 849. The minimum absolute atomic E-state index is 0.0726. The number of H-pyrrole nitrogens is 1. The van der Waals surface area contributed by atoms with Crippen molar-refractivity contribution in [1.29, 1.82) is 0 Å². The fourth-order valence-corrected chi connectivity index (χ4v) is 2.25. The van der Waals surface area contributed by atoms with Gasteiger partial charge in [-0.2, -0.15) is 0 Å². The zero-order valence-electron chi connectivity index (χ0n) is 10.0. The molecular weight excluding hydrogens is 242 g/mol. The maximum atomic E-state index is 12.4. The molecule has 4 nitrogen and oxygen atoms in total. The molecule has 2 aromatic carbocycles. The van der Waals surface area contributed by atoms with Gasteiger partial charge < -0.3 is 10.1 Å². The molecule has 19 heavy (non-hydrogen) atoms. The number of para-hydroxylation sites is 1. The van der Waals surface area contributed by atoms with Gasteiger partial charge in [0.2, 0.25) is 0 Å². The summed E-state index contributed by atoms with van der Waals surface area (Å²) < 4.78 is 0. The second kappa shape index (κ2) is 4.24. The quantitative estimate of drug-likeness (QED) is 0.688. The molecule has 0 radical (unpaired) electrons. The van der Waals surface area contributed by atoms with Crippen LogP contribution < -0.4 is 5.43 Å². The molecule has 0 bridgehead atoms. The maximum Gasteiger partial charge on any atom is 0.307 e. The highest BCUT2D eigenvalue weighted by atomic mass is 16.4. The van der Waals surface area contributed by atoms with Crippen LogP contribution in [0.25, 0.3) is 21.8 Å². The van der Waals surface area contributed by atoms with Gasteiger partial charge in [0.25, 0.3) is 0 Å². The predicted molar refractivity (Wildman–Crippen MR) is 73.4 cm³/mol. The summed E-state index contributed by atoms with van der Waals surface area (Å²) in [6.07, 6.45) is -0.0811. The zero-order chi connectivity index (χ0) is 13.4. The number of rotatable bonds is 2. The lowest BCUT2D eigenvalue weighted by Crippen LogP contribution is -2.06. The molecule has 2 N–H and O–H groups in total. The van der Waals surface area contributed by atoms with Gasteiger partial charge in [0.15, 0.2) is 5.43 Å². The summed E-state index contributed by atoms with van der Waals surface area (Å²) in [5.74, 6) is -0.906. The Morgan fingerprint density at radius 2 is 1.79 bits per heavy atom. The molecule has 0 amide bonds. The van der Waals surface area contributed by atoms with Gasteiger partial charge in [0, 0.05) is 21.8 Å². The number of nitrogens with one attached hydrogen (secondary N) is 1. The lowest BCUT2D eigenvalue weighted by Gasteiger charge is -2.04. The summed E-state index contributed by atoms with van der Waals surface area (Å²) in [5, 5.41) is 9.93. The number of pyridine rings is 1. The Morgan fingerprint density at radius 1 is 1.05 bits per heavy atom.